The summed E-state index contributed by atoms with van der Waals surface area (Å²) in [4.78, 5) is 30.5. The molecular weight excluding hydrogens is 597 g/mol. The van der Waals surface area contributed by atoms with Crippen LogP contribution >= 0.6 is 39.1 Å². The minimum atomic E-state index is -0.435. The lowest BCUT2D eigenvalue weighted by Crippen LogP contribution is -2.27. The number of carbonyl (C=O) groups excluding carboxylic acids is 1. The van der Waals surface area contributed by atoms with Crippen LogP contribution in [0.2, 0.25) is 10.0 Å². The second kappa shape index (κ2) is 10.5. The summed E-state index contributed by atoms with van der Waals surface area (Å²) >= 11 is 16.3. The zero-order chi connectivity index (χ0) is 27.1. The third-order valence-corrected chi connectivity index (χ3v) is 7.90. The molecule has 0 fully saturated rings. The Balaban J connectivity index is 1.58. The SMILES string of the molecule is O=C(c1ccccc1Cl)N1N=C(c2c(-c3ccccc3)c3cc(Cl)ccc3[nH]c2=O)CC1c1ccc(Br)cc1. The van der Waals surface area contributed by atoms with E-state index < -0.39 is 6.04 Å². The molecule has 0 saturated heterocycles. The van der Waals surface area contributed by atoms with Gasteiger partial charge in [-0.1, -0.05) is 93.7 Å². The second-order valence-corrected chi connectivity index (χ2v) is 11.0. The molecule has 1 aliphatic heterocycles. The maximum Gasteiger partial charge on any atom is 0.276 e. The lowest BCUT2D eigenvalue weighted by molar-refractivity contribution is 0.0711. The summed E-state index contributed by atoms with van der Waals surface area (Å²) < 4.78 is 0.920. The van der Waals surface area contributed by atoms with Crippen molar-refractivity contribution in [2.75, 3.05) is 0 Å². The van der Waals surface area contributed by atoms with Crippen molar-refractivity contribution in [3.05, 3.63) is 139 Å². The topological polar surface area (TPSA) is 65.5 Å². The maximum atomic E-state index is 13.8. The van der Waals surface area contributed by atoms with E-state index >= 15 is 0 Å². The Labute approximate surface area is 242 Å². The summed E-state index contributed by atoms with van der Waals surface area (Å²) in [7, 11) is 0. The van der Waals surface area contributed by atoms with Crippen molar-refractivity contribution in [3.63, 3.8) is 0 Å². The number of nitrogens with zero attached hydrogens (tertiary/aromatic N) is 2. The van der Waals surface area contributed by atoms with Gasteiger partial charge in [-0.05, 0) is 53.6 Å². The number of fused-ring (bicyclic) bond motifs is 1. The molecule has 1 aliphatic rings. The number of aromatic nitrogens is 1. The number of hydrogen-bond acceptors (Lipinski definition) is 3. The fourth-order valence-electron chi connectivity index (χ4n) is 5.00. The first-order chi connectivity index (χ1) is 18.9. The van der Waals surface area contributed by atoms with E-state index in [2.05, 4.69) is 20.9 Å². The molecule has 1 aromatic heterocycles. The van der Waals surface area contributed by atoms with Gasteiger partial charge in [0.1, 0.15) is 0 Å². The van der Waals surface area contributed by atoms with Gasteiger partial charge >= 0.3 is 0 Å². The molecule has 5 aromatic rings. The highest BCUT2D eigenvalue weighted by atomic mass is 79.9. The van der Waals surface area contributed by atoms with E-state index in [1.165, 1.54) is 5.01 Å². The molecule has 0 saturated carbocycles. The number of H-pyrrole nitrogens is 1. The van der Waals surface area contributed by atoms with Gasteiger partial charge in [-0.15, -0.1) is 0 Å². The van der Waals surface area contributed by atoms with Crippen LogP contribution in [0.3, 0.4) is 0 Å². The zero-order valence-electron chi connectivity index (χ0n) is 20.4. The zero-order valence-corrected chi connectivity index (χ0v) is 23.5. The maximum absolute atomic E-state index is 13.8. The van der Waals surface area contributed by atoms with Crippen molar-refractivity contribution in [3.8, 4) is 11.1 Å². The van der Waals surface area contributed by atoms with Crippen molar-refractivity contribution in [2.45, 2.75) is 12.5 Å². The van der Waals surface area contributed by atoms with Crippen LogP contribution in [-0.2, 0) is 0 Å². The van der Waals surface area contributed by atoms with Gasteiger partial charge < -0.3 is 4.98 Å². The molecule has 0 spiro atoms. The molecule has 0 bridgehead atoms. The number of pyridine rings is 1. The molecule has 6 rings (SSSR count). The predicted molar refractivity (Wildman–Crippen MR) is 161 cm³/mol. The number of amides is 1. The third-order valence-electron chi connectivity index (χ3n) is 6.80. The highest BCUT2D eigenvalue weighted by Crippen LogP contribution is 2.38. The fraction of sp³-hybridized carbons (Fsp3) is 0.0645. The smallest absolute Gasteiger partial charge is 0.276 e. The van der Waals surface area contributed by atoms with E-state index in [4.69, 9.17) is 28.3 Å². The summed E-state index contributed by atoms with van der Waals surface area (Å²) in [6, 6.07) is 29.2. The van der Waals surface area contributed by atoms with Crippen LogP contribution in [0.1, 0.15) is 33.9 Å². The Kier molecular flexibility index (Phi) is 6.85. The van der Waals surface area contributed by atoms with Crippen LogP contribution in [0, 0.1) is 0 Å². The van der Waals surface area contributed by atoms with Crippen molar-refractivity contribution < 1.29 is 4.79 Å². The van der Waals surface area contributed by atoms with E-state index in [1.807, 2.05) is 60.7 Å². The van der Waals surface area contributed by atoms with E-state index in [1.54, 1.807) is 36.4 Å². The summed E-state index contributed by atoms with van der Waals surface area (Å²) in [5.41, 5.74) is 4.09. The Hall–Kier alpha value is -3.71. The molecular formula is C31H20BrCl2N3O2. The second-order valence-electron chi connectivity index (χ2n) is 9.21. The number of rotatable bonds is 4. The summed E-state index contributed by atoms with van der Waals surface area (Å²) in [5.74, 6) is -0.343. The van der Waals surface area contributed by atoms with Crippen molar-refractivity contribution in [1.29, 1.82) is 0 Å². The van der Waals surface area contributed by atoms with Gasteiger partial charge in [0.2, 0.25) is 0 Å². The molecule has 1 amide bonds. The number of hydrazone groups is 1. The van der Waals surface area contributed by atoms with E-state index in [9.17, 15) is 9.59 Å². The van der Waals surface area contributed by atoms with Crippen LogP contribution < -0.4 is 5.56 Å². The molecule has 2 heterocycles. The first kappa shape index (κ1) is 25.6. The summed E-state index contributed by atoms with van der Waals surface area (Å²) in [5, 5.41) is 7.93. The first-order valence-corrected chi connectivity index (χ1v) is 13.8. The Morgan fingerprint density at radius 1 is 0.897 bits per heavy atom. The standard InChI is InChI=1S/C31H20BrCl2N3O2/c32-20-12-10-18(11-13-20)27-17-26(36-37(27)31(39)22-8-4-5-9-24(22)34)29-28(19-6-2-1-3-7-19)23-16-21(33)14-15-25(23)35-30(29)38/h1-16,27H,17H2,(H,35,38). The predicted octanol–water partition coefficient (Wildman–Crippen LogP) is 8.26. The van der Waals surface area contributed by atoms with Crippen molar-refractivity contribution >= 4 is 61.7 Å². The number of carbonyl (C=O) groups is 1. The van der Waals surface area contributed by atoms with Gasteiger partial charge in [0.25, 0.3) is 11.5 Å². The van der Waals surface area contributed by atoms with Gasteiger partial charge in [-0.3, -0.25) is 9.59 Å². The van der Waals surface area contributed by atoms with Crippen molar-refractivity contribution in [2.24, 2.45) is 5.10 Å². The van der Waals surface area contributed by atoms with Crippen LogP contribution in [-0.4, -0.2) is 21.6 Å². The van der Waals surface area contributed by atoms with E-state index in [0.717, 1.165) is 26.5 Å². The van der Waals surface area contributed by atoms with Gasteiger partial charge in [-0.25, -0.2) is 5.01 Å². The summed E-state index contributed by atoms with van der Waals surface area (Å²) in [6.45, 7) is 0. The van der Waals surface area contributed by atoms with Gasteiger partial charge in [-0.2, -0.15) is 5.10 Å². The molecule has 8 heteroatoms. The molecule has 192 valence electrons. The molecule has 0 aliphatic carbocycles. The lowest BCUT2D eigenvalue weighted by atomic mass is 9.91. The number of aromatic amines is 1. The lowest BCUT2D eigenvalue weighted by Gasteiger charge is -2.22. The molecule has 1 N–H and O–H groups in total. The van der Waals surface area contributed by atoms with E-state index in [-0.39, 0.29) is 11.5 Å². The Morgan fingerprint density at radius 3 is 2.36 bits per heavy atom. The molecule has 39 heavy (non-hydrogen) atoms. The number of benzene rings is 4. The minimum absolute atomic E-state index is 0.288. The molecule has 5 nitrogen and oxygen atoms in total. The monoisotopic (exact) mass is 615 g/mol. The summed E-state index contributed by atoms with van der Waals surface area (Å²) in [6.07, 6.45) is 0.340. The quantitative estimate of drug-likeness (QED) is 0.221. The van der Waals surface area contributed by atoms with Crippen LogP contribution in [0.4, 0.5) is 0 Å². The molecule has 1 atom stereocenters. The molecule has 1 unspecified atom stereocenters. The average molecular weight is 617 g/mol. The van der Waals surface area contributed by atoms with Crippen LogP contribution in [0.25, 0.3) is 22.0 Å². The highest BCUT2D eigenvalue weighted by molar-refractivity contribution is 9.10. The average Bonchev–Trinajstić information content (AvgIpc) is 3.38. The Bertz CT molecular complexity index is 1820. The van der Waals surface area contributed by atoms with E-state index in [0.29, 0.717) is 38.8 Å². The highest BCUT2D eigenvalue weighted by Gasteiger charge is 2.36. The van der Waals surface area contributed by atoms with Gasteiger partial charge in [0.15, 0.2) is 0 Å². The number of hydrogen-bond donors (Lipinski definition) is 1. The van der Waals surface area contributed by atoms with Crippen LogP contribution in [0.15, 0.2) is 111 Å². The van der Waals surface area contributed by atoms with Crippen molar-refractivity contribution in [1.82, 2.24) is 9.99 Å². The normalized spacial score (nSPS) is 15.0. The molecule has 0 radical (unpaired) electrons. The Morgan fingerprint density at radius 2 is 1.62 bits per heavy atom. The number of nitrogens with one attached hydrogen (secondary N) is 1. The third kappa shape index (κ3) is 4.80. The fourth-order valence-corrected chi connectivity index (χ4v) is 5.65. The van der Waals surface area contributed by atoms with Gasteiger partial charge in [0.05, 0.1) is 27.9 Å². The molecule has 4 aromatic carbocycles. The number of halogens is 3. The largest absolute Gasteiger partial charge is 0.321 e. The first-order valence-electron chi connectivity index (χ1n) is 12.2. The van der Waals surface area contributed by atoms with Crippen LogP contribution in [0.5, 0.6) is 0 Å². The minimum Gasteiger partial charge on any atom is -0.321 e. The van der Waals surface area contributed by atoms with Gasteiger partial charge in [0, 0.05) is 32.4 Å².